The van der Waals surface area contributed by atoms with E-state index < -0.39 is 0 Å². The maximum Gasteiger partial charge on any atom is 0.206 e. The third kappa shape index (κ3) is 2.41. The van der Waals surface area contributed by atoms with Crippen molar-refractivity contribution < 1.29 is 4.74 Å². The van der Waals surface area contributed by atoms with E-state index >= 15 is 0 Å². The van der Waals surface area contributed by atoms with Gasteiger partial charge in [-0.05, 0) is 37.3 Å². The lowest BCUT2D eigenvalue weighted by Gasteiger charge is -2.09. The first-order chi connectivity index (χ1) is 10.1. The van der Waals surface area contributed by atoms with Crippen LogP contribution >= 0.6 is 23.2 Å². The van der Waals surface area contributed by atoms with E-state index in [9.17, 15) is 0 Å². The highest BCUT2D eigenvalue weighted by atomic mass is 35.5. The molecule has 0 radical (unpaired) electrons. The van der Waals surface area contributed by atoms with Crippen molar-refractivity contribution in [2.45, 2.75) is 6.92 Å². The molecule has 0 unspecified atom stereocenters. The summed E-state index contributed by atoms with van der Waals surface area (Å²) in [6.45, 7) is 2.49. The number of nitrogen functional groups attached to an aromatic ring is 1. The van der Waals surface area contributed by atoms with Gasteiger partial charge in [-0.15, -0.1) is 0 Å². The van der Waals surface area contributed by atoms with Crippen LogP contribution in [-0.2, 0) is 0 Å². The molecule has 6 heteroatoms. The van der Waals surface area contributed by atoms with Crippen LogP contribution in [0.5, 0.6) is 5.75 Å². The topological polar surface area (TPSA) is 53.1 Å². The number of benzene rings is 2. The van der Waals surface area contributed by atoms with E-state index in [0.717, 1.165) is 11.2 Å². The Morgan fingerprint density at radius 1 is 1.24 bits per heavy atom. The summed E-state index contributed by atoms with van der Waals surface area (Å²) in [6, 6.07) is 10.9. The van der Waals surface area contributed by atoms with Gasteiger partial charge in [0, 0.05) is 5.02 Å². The number of fused-ring (bicyclic) bond motifs is 1. The SMILES string of the molecule is CCOc1cccc2c1nc(N)n2-c1ccc(Cl)cc1Cl. The van der Waals surface area contributed by atoms with Gasteiger partial charge in [0.25, 0.3) is 0 Å². The molecule has 1 heterocycles. The number of hydrogen-bond acceptors (Lipinski definition) is 3. The second-order valence-corrected chi connectivity index (χ2v) is 5.30. The molecule has 0 spiro atoms. The van der Waals surface area contributed by atoms with Gasteiger partial charge in [0.2, 0.25) is 5.95 Å². The van der Waals surface area contributed by atoms with Crippen LogP contribution in [0.4, 0.5) is 5.95 Å². The summed E-state index contributed by atoms with van der Waals surface area (Å²) in [5.74, 6) is 1.05. The summed E-state index contributed by atoms with van der Waals surface area (Å²) in [5, 5.41) is 1.08. The Morgan fingerprint density at radius 2 is 2.05 bits per heavy atom. The minimum Gasteiger partial charge on any atom is -0.492 e. The number of aromatic nitrogens is 2. The van der Waals surface area contributed by atoms with Gasteiger partial charge < -0.3 is 10.5 Å². The average molecular weight is 322 g/mol. The Labute approximate surface area is 132 Å². The maximum absolute atomic E-state index is 6.27. The van der Waals surface area contributed by atoms with E-state index in [2.05, 4.69) is 4.98 Å². The molecule has 2 N–H and O–H groups in total. The number of nitrogens with two attached hydrogens (primary N) is 1. The quantitative estimate of drug-likeness (QED) is 0.781. The van der Waals surface area contributed by atoms with Crippen LogP contribution < -0.4 is 10.5 Å². The van der Waals surface area contributed by atoms with Gasteiger partial charge >= 0.3 is 0 Å². The van der Waals surface area contributed by atoms with Crippen molar-refractivity contribution in [2.75, 3.05) is 12.3 Å². The molecule has 0 atom stereocenters. The molecule has 0 bridgehead atoms. The third-order valence-electron chi connectivity index (χ3n) is 3.12. The third-order valence-corrected chi connectivity index (χ3v) is 3.66. The normalized spacial score (nSPS) is 11.0. The van der Waals surface area contributed by atoms with Gasteiger partial charge in [-0.1, -0.05) is 29.3 Å². The lowest BCUT2D eigenvalue weighted by molar-refractivity contribution is 0.344. The summed E-state index contributed by atoms with van der Waals surface area (Å²) in [7, 11) is 0. The number of nitrogens with zero attached hydrogens (tertiary/aromatic N) is 2. The highest BCUT2D eigenvalue weighted by Crippen LogP contribution is 2.33. The minimum absolute atomic E-state index is 0.348. The molecule has 2 aromatic carbocycles. The van der Waals surface area contributed by atoms with Crippen LogP contribution in [0.1, 0.15) is 6.92 Å². The monoisotopic (exact) mass is 321 g/mol. The highest BCUT2D eigenvalue weighted by molar-refractivity contribution is 6.35. The lowest BCUT2D eigenvalue weighted by atomic mass is 10.2. The maximum atomic E-state index is 6.27. The number of anilines is 1. The molecule has 1 aromatic heterocycles. The minimum atomic E-state index is 0.348. The molecular formula is C15H13Cl2N3O. The Kier molecular flexibility index (Phi) is 3.66. The second-order valence-electron chi connectivity index (χ2n) is 4.46. The van der Waals surface area contributed by atoms with Gasteiger partial charge in [0.05, 0.1) is 22.8 Å². The summed E-state index contributed by atoms with van der Waals surface area (Å²) >= 11 is 12.2. The summed E-state index contributed by atoms with van der Waals surface area (Å²) in [6.07, 6.45) is 0. The molecule has 0 aliphatic rings. The van der Waals surface area contributed by atoms with Crippen LogP contribution in [0.25, 0.3) is 16.7 Å². The number of para-hydroxylation sites is 1. The Balaban J connectivity index is 2.28. The molecule has 0 fully saturated rings. The summed E-state index contributed by atoms with van der Waals surface area (Å²) in [5.41, 5.74) is 8.34. The predicted octanol–water partition coefficient (Wildman–Crippen LogP) is 4.31. The molecule has 4 nitrogen and oxygen atoms in total. The van der Waals surface area contributed by atoms with E-state index in [1.165, 1.54) is 0 Å². The van der Waals surface area contributed by atoms with Crippen molar-refractivity contribution in [1.29, 1.82) is 0 Å². The lowest BCUT2D eigenvalue weighted by Crippen LogP contribution is -2.01. The number of halogens is 2. The molecule has 3 aromatic rings. The van der Waals surface area contributed by atoms with E-state index in [0.29, 0.717) is 33.9 Å². The zero-order valence-corrected chi connectivity index (χ0v) is 12.8. The fourth-order valence-electron chi connectivity index (χ4n) is 2.28. The number of rotatable bonds is 3. The highest BCUT2D eigenvalue weighted by Gasteiger charge is 2.15. The first-order valence-electron chi connectivity index (χ1n) is 6.47. The van der Waals surface area contributed by atoms with Crippen molar-refractivity contribution in [3.8, 4) is 11.4 Å². The Hall–Kier alpha value is -1.91. The van der Waals surface area contributed by atoms with Crippen LogP contribution in [-0.4, -0.2) is 16.2 Å². The number of hydrogen-bond donors (Lipinski definition) is 1. The van der Waals surface area contributed by atoms with Crippen molar-refractivity contribution in [3.63, 3.8) is 0 Å². The van der Waals surface area contributed by atoms with Gasteiger partial charge in [0.15, 0.2) is 0 Å². The summed E-state index contributed by atoms with van der Waals surface area (Å²) < 4.78 is 7.38. The van der Waals surface area contributed by atoms with Crippen molar-refractivity contribution in [1.82, 2.24) is 9.55 Å². The molecule has 108 valence electrons. The van der Waals surface area contributed by atoms with Crippen molar-refractivity contribution in [3.05, 3.63) is 46.4 Å². The number of ether oxygens (including phenoxy) is 1. The van der Waals surface area contributed by atoms with E-state index in [-0.39, 0.29) is 0 Å². The molecule has 0 aliphatic heterocycles. The average Bonchev–Trinajstić information content (AvgIpc) is 2.77. The molecule has 0 saturated carbocycles. The van der Waals surface area contributed by atoms with E-state index in [1.807, 2.05) is 31.2 Å². The molecule has 0 amide bonds. The second kappa shape index (κ2) is 5.47. The molecule has 0 aliphatic carbocycles. The van der Waals surface area contributed by atoms with Crippen molar-refractivity contribution in [2.24, 2.45) is 0 Å². The Morgan fingerprint density at radius 3 is 2.76 bits per heavy atom. The standard InChI is InChI=1S/C15H13Cl2N3O/c1-2-21-13-5-3-4-12-14(13)19-15(18)20(12)11-7-6-9(16)8-10(11)17/h3-8H,2H2,1H3,(H2,18,19). The fraction of sp³-hybridized carbons (Fsp3) is 0.133. The van der Waals surface area contributed by atoms with Gasteiger partial charge in [-0.2, -0.15) is 0 Å². The van der Waals surface area contributed by atoms with Gasteiger partial charge in [-0.3, -0.25) is 4.57 Å². The van der Waals surface area contributed by atoms with Crippen LogP contribution in [0.15, 0.2) is 36.4 Å². The predicted molar refractivity (Wildman–Crippen MR) is 86.7 cm³/mol. The first-order valence-corrected chi connectivity index (χ1v) is 7.22. The molecule has 3 rings (SSSR count). The zero-order chi connectivity index (χ0) is 15.0. The van der Waals surface area contributed by atoms with Gasteiger partial charge in [0.1, 0.15) is 11.3 Å². The summed E-state index contributed by atoms with van der Waals surface area (Å²) in [4.78, 5) is 4.40. The Bertz CT molecular complexity index is 814. The fourth-order valence-corrected chi connectivity index (χ4v) is 2.77. The van der Waals surface area contributed by atoms with Crippen LogP contribution in [0.3, 0.4) is 0 Å². The zero-order valence-electron chi connectivity index (χ0n) is 11.3. The van der Waals surface area contributed by atoms with Gasteiger partial charge in [-0.25, -0.2) is 4.98 Å². The van der Waals surface area contributed by atoms with Crippen LogP contribution in [0, 0.1) is 0 Å². The van der Waals surface area contributed by atoms with Crippen molar-refractivity contribution >= 4 is 40.2 Å². The number of imidazole rings is 1. The molecular weight excluding hydrogens is 309 g/mol. The smallest absolute Gasteiger partial charge is 0.206 e. The molecule has 0 saturated heterocycles. The molecule has 21 heavy (non-hydrogen) atoms. The first kappa shape index (κ1) is 14.0. The largest absolute Gasteiger partial charge is 0.492 e. The van der Waals surface area contributed by atoms with Crippen LogP contribution in [0.2, 0.25) is 10.0 Å². The van der Waals surface area contributed by atoms with E-state index in [1.54, 1.807) is 16.7 Å². The van der Waals surface area contributed by atoms with E-state index in [4.69, 9.17) is 33.7 Å².